The predicted molar refractivity (Wildman–Crippen MR) is 126 cm³/mol. The van der Waals surface area contributed by atoms with Crippen molar-refractivity contribution in [2.24, 2.45) is 0 Å². The molecular formula is C23H17Cl2N3O3S. The number of halogens is 2. The highest BCUT2D eigenvalue weighted by atomic mass is 35.5. The Balaban J connectivity index is 1.33. The van der Waals surface area contributed by atoms with Gasteiger partial charge in [0.05, 0.1) is 16.3 Å². The van der Waals surface area contributed by atoms with E-state index in [0.717, 1.165) is 24.8 Å². The molecule has 0 saturated carbocycles. The molecule has 0 radical (unpaired) electrons. The van der Waals surface area contributed by atoms with E-state index in [2.05, 4.69) is 16.7 Å². The van der Waals surface area contributed by atoms with Crippen molar-refractivity contribution in [1.82, 2.24) is 0 Å². The molecule has 0 spiro atoms. The molecule has 0 fully saturated rings. The molecule has 9 heteroatoms. The van der Waals surface area contributed by atoms with Crippen LogP contribution < -0.4 is 15.4 Å². The highest BCUT2D eigenvalue weighted by molar-refractivity contribution is 7.16. The van der Waals surface area contributed by atoms with Crippen LogP contribution in [0.25, 0.3) is 0 Å². The van der Waals surface area contributed by atoms with Crippen LogP contribution in [0.3, 0.4) is 0 Å². The standard InChI is InChI=1S/C23H17Cl2N3O3S/c24-14-6-9-18(25)19(10-14)27-22(30)13-4-7-15(8-5-13)31-12-21(29)28-23-17(11-26)16-2-1-3-20(16)32-23/h4-10H,1-3,12H2,(H,27,30)(H,28,29). The summed E-state index contributed by atoms with van der Waals surface area (Å²) < 4.78 is 5.52. The molecule has 1 heterocycles. The first-order valence-electron chi connectivity index (χ1n) is 9.78. The zero-order valence-corrected chi connectivity index (χ0v) is 19.0. The van der Waals surface area contributed by atoms with E-state index >= 15 is 0 Å². The minimum absolute atomic E-state index is 0.211. The molecule has 0 saturated heterocycles. The SMILES string of the molecule is N#Cc1c(NC(=O)COc2ccc(C(=O)Nc3cc(Cl)ccc3Cl)cc2)sc2c1CCC2. The molecular weight excluding hydrogens is 469 g/mol. The topological polar surface area (TPSA) is 91.2 Å². The Morgan fingerprint density at radius 3 is 2.62 bits per heavy atom. The Morgan fingerprint density at radius 1 is 1.09 bits per heavy atom. The summed E-state index contributed by atoms with van der Waals surface area (Å²) in [6.07, 6.45) is 2.88. The summed E-state index contributed by atoms with van der Waals surface area (Å²) in [6.45, 7) is -0.211. The van der Waals surface area contributed by atoms with Crippen LogP contribution in [-0.2, 0) is 17.6 Å². The van der Waals surface area contributed by atoms with Gasteiger partial charge in [-0.25, -0.2) is 0 Å². The van der Waals surface area contributed by atoms with Gasteiger partial charge in [-0.05, 0) is 67.3 Å². The number of nitrogens with one attached hydrogen (secondary N) is 2. The van der Waals surface area contributed by atoms with E-state index in [-0.39, 0.29) is 18.4 Å². The second-order valence-corrected chi connectivity index (χ2v) is 9.06. The molecule has 3 aromatic rings. The van der Waals surface area contributed by atoms with Crippen LogP contribution in [0.5, 0.6) is 5.75 Å². The van der Waals surface area contributed by atoms with E-state index in [0.29, 0.717) is 37.6 Å². The molecule has 6 nitrogen and oxygen atoms in total. The van der Waals surface area contributed by atoms with Crippen LogP contribution in [0.15, 0.2) is 42.5 Å². The van der Waals surface area contributed by atoms with Crippen molar-refractivity contribution in [2.45, 2.75) is 19.3 Å². The maximum Gasteiger partial charge on any atom is 0.262 e. The Kier molecular flexibility index (Phi) is 6.66. The molecule has 0 aliphatic heterocycles. The Morgan fingerprint density at radius 2 is 1.88 bits per heavy atom. The molecule has 1 aromatic heterocycles. The van der Waals surface area contributed by atoms with Gasteiger partial charge in [0.25, 0.3) is 11.8 Å². The van der Waals surface area contributed by atoms with Crippen molar-refractivity contribution in [1.29, 1.82) is 5.26 Å². The van der Waals surface area contributed by atoms with Crippen molar-refractivity contribution in [2.75, 3.05) is 17.2 Å². The van der Waals surface area contributed by atoms with Crippen LogP contribution in [0.2, 0.25) is 10.0 Å². The third-order valence-corrected chi connectivity index (χ3v) is 6.72. The summed E-state index contributed by atoms with van der Waals surface area (Å²) >= 11 is 13.5. The Hall–Kier alpha value is -3.05. The fourth-order valence-electron chi connectivity index (χ4n) is 3.41. The normalized spacial score (nSPS) is 12.0. The zero-order chi connectivity index (χ0) is 22.7. The minimum Gasteiger partial charge on any atom is -0.484 e. The van der Waals surface area contributed by atoms with Crippen molar-refractivity contribution in [3.05, 3.63) is 74.1 Å². The number of hydrogen-bond donors (Lipinski definition) is 2. The summed E-state index contributed by atoms with van der Waals surface area (Å²) in [5, 5.41) is 16.3. The number of carbonyl (C=O) groups is 2. The lowest BCUT2D eigenvalue weighted by Crippen LogP contribution is -2.20. The lowest BCUT2D eigenvalue weighted by Gasteiger charge is -2.09. The molecule has 32 heavy (non-hydrogen) atoms. The molecule has 1 aliphatic rings. The van der Waals surface area contributed by atoms with E-state index in [1.807, 2.05) is 0 Å². The largest absolute Gasteiger partial charge is 0.484 e. The van der Waals surface area contributed by atoms with Gasteiger partial charge >= 0.3 is 0 Å². The molecule has 0 atom stereocenters. The van der Waals surface area contributed by atoms with Gasteiger partial charge in [-0.2, -0.15) is 5.26 Å². The molecule has 0 bridgehead atoms. The van der Waals surface area contributed by atoms with E-state index in [4.69, 9.17) is 27.9 Å². The van der Waals surface area contributed by atoms with E-state index in [9.17, 15) is 14.9 Å². The van der Waals surface area contributed by atoms with Gasteiger partial charge in [-0.15, -0.1) is 11.3 Å². The Bertz CT molecular complexity index is 1230. The number of carbonyl (C=O) groups excluding carboxylic acids is 2. The molecule has 162 valence electrons. The number of hydrogen-bond acceptors (Lipinski definition) is 5. The number of amides is 2. The summed E-state index contributed by atoms with van der Waals surface area (Å²) in [5.41, 5.74) is 2.43. The fourth-order valence-corrected chi connectivity index (χ4v) is 5.01. The molecule has 1 aliphatic carbocycles. The first-order valence-corrected chi connectivity index (χ1v) is 11.4. The summed E-state index contributed by atoms with van der Waals surface area (Å²) in [4.78, 5) is 25.9. The van der Waals surface area contributed by atoms with Crippen molar-refractivity contribution >= 4 is 57.0 Å². The number of ether oxygens (including phenoxy) is 1. The smallest absolute Gasteiger partial charge is 0.262 e. The number of nitriles is 1. The quantitative estimate of drug-likeness (QED) is 0.469. The van der Waals surface area contributed by atoms with E-state index in [1.54, 1.807) is 42.5 Å². The monoisotopic (exact) mass is 485 g/mol. The van der Waals surface area contributed by atoms with Crippen LogP contribution >= 0.6 is 34.5 Å². The first kappa shape index (κ1) is 22.2. The van der Waals surface area contributed by atoms with Gasteiger partial charge in [0.15, 0.2) is 6.61 Å². The van der Waals surface area contributed by atoms with Gasteiger partial charge in [0, 0.05) is 15.5 Å². The second-order valence-electron chi connectivity index (χ2n) is 7.11. The Labute approximate surface area is 198 Å². The molecule has 0 unspecified atom stereocenters. The van der Waals surface area contributed by atoms with Gasteiger partial charge in [-0.1, -0.05) is 23.2 Å². The lowest BCUT2D eigenvalue weighted by molar-refractivity contribution is -0.118. The second kappa shape index (κ2) is 9.61. The fraction of sp³-hybridized carbons (Fsp3) is 0.174. The van der Waals surface area contributed by atoms with E-state index in [1.165, 1.54) is 16.2 Å². The van der Waals surface area contributed by atoms with Gasteiger partial charge in [0.1, 0.15) is 16.8 Å². The lowest BCUT2D eigenvalue weighted by atomic mass is 10.1. The van der Waals surface area contributed by atoms with Crippen LogP contribution in [0.4, 0.5) is 10.7 Å². The highest BCUT2D eigenvalue weighted by Gasteiger charge is 2.23. The average Bonchev–Trinajstić information content (AvgIpc) is 3.36. The summed E-state index contributed by atoms with van der Waals surface area (Å²) in [5.74, 6) is -0.265. The van der Waals surface area contributed by atoms with Crippen LogP contribution in [0.1, 0.15) is 32.8 Å². The van der Waals surface area contributed by atoms with Crippen molar-refractivity contribution in [3.8, 4) is 11.8 Å². The highest BCUT2D eigenvalue weighted by Crippen LogP contribution is 2.38. The molecule has 2 aromatic carbocycles. The maximum atomic E-state index is 12.4. The average molecular weight is 486 g/mol. The number of thiophene rings is 1. The first-order chi connectivity index (χ1) is 15.4. The molecule has 4 rings (SSSR count). The summed E-state index contributed by atoms with van der Waals surface area (Å²) in [6, 6.07) is 13.4. The number of benzene rings is 2. The van der Waals surface area contributed by atoms with Crippen molar-refractivity contribution < 1.29 is 14.3 Å². The third kappa shape index (κ3) is 4.89. The van der Waals surface area contributed by atoms with Crippen LogP contribution in [0, 0.1) is 11.3 Å². The van der Waals surface area contributed by atoms with Gasteiger partial charge < -0.3 is 15.4 Å². The predicted octanol–water partition coefficient (Wildman–Crippen LogP) is 5.69. The maximum absolute atomic E-state index is 12.4. The van der Waals surface area contributed by atoms with Gasteiger partial charge in [-0.3, -0.25) is 9.59 Å². The number of rotatable bonds is 6. The number of aryl methyl sites for hydroxylation is 1. The molecule has 2 amide bonds. The number of fused-ring (bicyclic) bond motifs is 1. The third-order valence-electron chi connectivity index (χ3n) is 4.95. The zero-order valence-electron chi connectivity index (χ0n) is 16.7. The minimum atomic E-state index is -0.353. The number of anilines is 2. The van der Waals surface area contributed by atoms with Gasteiger partial charge in [0.2, 0.25) is 0 Å². The van der Waals surface area contributed by atoms with Crippen LogP contribution in [-0.4, -0.2) is 18.4 Å². The summed E-state index contributed by atoms with van der Waals surface area (Å²) in [7, 11) is 0. The van der Waals surface area contributed by atoms with Crippen molar-refractivity contribution in [3.63, 3.8) is 0 Å². The molecule has 2 N–H and O–H groups in total. The van der Waals surface area contributed by atoms with E-state index < -0.39 is 0 Å². The number of nitrogens with zero attached hydrogens (tertiary/aromatic N) is 1.